The molecule has 0 spiro atoms. The number of benzene rings is 3. The van der Waals surface area contributed by atoms with Crippen LogP contribution in [0.2, 0.25) is 0 Å². The SMILES string of the molecule is Cc1cccc(C)c1NC(=O)CNC(=O)c1ccccc1OCc1ccccc1Br. The quantitative estimate of drug-likeness (QED) is 0.513. The van der Waals surface area contributed by atoms with Gasteiger partial charge in [0.05, 0.1) is 12.1 Å². The van der Waals surface area contributed by atoms with Gasteiger partial charge in [0.15, 0.2) is 0 Å². The Hall–Kier alpha value is -3.12. The number of hydrogen-bond donors (Lipinski definition) is 2. The average Bonchev–Trinajstić information content (AvgIpc) is 2.74. The molecule has 3 aromatic rings. The van der Waals surface area contributed by atoms with Gasteiger partial charge in [-0.15, -0.1) is 0 Å². The molecule has 2 amide bonds. The topological polar surface area (TPSA) is 67.4 Å². The van der Waals surface area contributed by atoms with E-state index in [2.05, 4.69) is 26.6 Å². The predicted octanol–water partition coefficient (Wildman–Crippen LogP) is 5.01. The fraction of sp³-hybridized carbons (Fsp3) is 0.167. The molecule has 0 unspecified atom stereocenters. The second kappa shape index (κ2) is 10.1. The summed E-state index contributed by atoms with van der Waals surface area (Å²) in [7, 11) is 0. The Morgan fingerprint density at radius 2 is 1.57 bits per heavy atom. The Bertz CT molecular complexity index is 1050. The average molecular weight is 467 g/mol. The molecule has 0 aliphatic heterocycles. The zero-order chi connectivity index (χ0) is 21.5. The summed E-state index contributed by atoms with van der Waals surface area (Å²) in [5.74, 6) is -0.192. The first-order chi connectivity index (χ1) is 14.5. The number of amides is 2. The second-order valence-electron chi connectivity index (χ2n) is 6.87. The van der Waals surface area contributed by atoms with Crippen molar-refractivity contribution in [2.75, 3.05) is 11.9 Å². The number of ether oxygens (including phenoxy) is 1. The lowest BCUT2D eigenvalue weighted by Gasteiger charge is -2.14. The van der Waals surface area contributed by atoms with Gasteiger partial charge in [-0.1, -0.05) is 64.5 Å². The van der Waals surface area contributed by atoms with Crippen molar-refractivity contribution in [1.29, 1.82) is 0 Å². The maximum Gasteiger partial charge on any atom is 0.255 e. The Morgan fingerprint density at radius 3 is 2.30 bits per heavy atom. The molecule has 0 saturated carbocycles. The lowest BCUT2D eigenvalue weighted by atomic mass is 10.1. The Labute approximate surface area is 184 Å². The minimum atomic E-state index is -0.366. The summed E-state index contributed by atoms with van der Waals surface area (Å²) in [5.41, 5.74) is 4.07. The number of anilines is 1. The molecule has 0 heterocycles. The molecular formula is C24H23BrN2O3. The van der Waals surface area contributed by atoms with Crippen LogP contribution in [0.4, 0.5) is 5.69 Å². The van der Waals surface area contributed by atoms with E-state index in [4.69, 9.17) is 4.74 Å². The Morgan fingerprint density at radius 1 is 0.900 bits per heavy atom. The monoisotopic (exact) mass is 466 g/mol. The zero-order valence-corrected chi connectivity index (χ0v) is 18.5. The molecule has 2 N–H and O–H groups in total. The van der Waals surface area contributed by atoms with Crippen LogP contribution in [0, 0.1) is 13.8 Å². The number of carbonyl (C=O) groups excluding carboxylic acids is 2. The van der Waals surface area contributed by atoms with Gasteiger partial charge in [-0.25, -0.2) is 0 Å². The normalized spacial score (nSPS) is 10.4. The minimum Gasteiger partial charge on any atom is -0.488 e. The van der Waals surface area contributed by atoms with Crippen molar-refractivity contribution in [3.05, 3.63) is 93.5 Å². The first kappa shape index (κ1) is 21.6. The molecule has 5 nitrogen and oxygen atoms in total. The fourth-order valence-corrected chi connectivity index (χ4v) is 3.40. The minimum absolute atomic E-state index is 0.134. The first-order valence-electron chi connectivity index (χ1n) is 9.55. The molecule has 0 bridgehead atoms. The molecule has 3 rings (SSSR count). The molecule has 0 radical (unpaired) electrons. The zero-order valence-electron chi connectivity index (χ0n) is 16.9. The van der Waals surface area contributed by atoms with Crippen LogP contribution >= 0.6 is 15.9 Å². The number of carbonyl (C=O) groups is 2. The van der Waals surface area contributed by atoms with Crippen LogP contribution in [-0.4, -0.2) is 18.4 Å². The van der Waals surface area contributed by atoms with Crippen molar-refractivity contribution in [3.63, 3.8) is 0 Å². The van der Waals surface area contributed by atoms with Gasteiger partial charge >= 0.3 is 0 Å². The highest BCUT2D eigenvalue weighted by Crippen LogP contribution is 2.22. The third-order valence-electron chi connectivity index (χ3n) is 4.63. The predicted molar refractivity (Wildman–Crippen MR) is 122 cm³/mol. The van der Waals surface area contributed by atoms with Crippen molar-refractivity contribution in [2.24, 2.45) is 0 Å². The van der Waals surface area contributed by atoms with Crippen LogP contribution in [0.1, 0.15) is 27.0 Å². The van der Waals surface area contributed by atoms with Crippen molar-refractivity contribution in [3.8, 4) is 5.75 Å². The number of aryl methyl sites for hydroxylation is 2. The highest BCUT2D eigenvalue weighted by Gasteiger charge is 2.14. The van der Waals surface area contributed by atoms with Gasteiger partial charge in [0.25, 0.3) is 5.91 Å². The van der Waals surface area contributed by atoms with Crippen molar-refractivity contribution >= 4 is 33.4 Å². The van der Waals surface area contributed by atoms with E-state index < -0.39 is 0 Å². The van der Waals surface area contributed by atoms with Crippen LogP contribution in [0.15, 0.2) is 71.2 Å². The van der Waals surface area contributed by atoms with Crippen LogP contribution < -0.4 is 15.4 Å². The van der Waals surface area contributed by atoms with Crippen LogP contribution in [0.25, 0.3) is 0 Å². The summed E-state index contributed by atoms with van der Waals surface area (Å²) >= 11 is 3.49. The van der Waals surface area contributed by atoms with E-state index in [9.17, 15) is 9.59 Å². The van der Waals surface area contributed by atoms with E-state index in [0.717, 1.165) is 26.9 Å². The molecule has 3 aromatic carbocycles. The third-order valence-corrected chi connectivity index (χ3v) is 5.40. The molecule has 154 valence electrons. The molecule has 0 aliphatic carbocycles. The number of rotatable bonds is 7. The largest absolute Gasteiger partial charge is 0.488 e. The van der Waals surface area contributed by atoms with E-state index in [1.165, 1.54) is 0 Å². The van der Waals surface area contributed by atoms with Crippen LogP contribution in [-0.2, 0) is 11.4 Å². The molecule has 0 fully saturated rings. The van der Waals surface area contributed by atoms with Crippen LogP contribution in [0.3, 0.4) is 0 Å². The van der Waals surface area contributed by atoms with Gasteiger partial charge in [-0.3, -0.25) is 9.59 Å². The lowest BCUT2D eigenvalue weighted by molar-refractivity contribution is -0.115. The first-order valence-corrected chi connectivity index (χ1v) is 10.3. The van der Waals surface area contributed by atoms with Gasteiger partial charge in [-0.2, -0.15) is 0 Å². The third kappa shape index (κ3) is 5.48. The van der Waals surface area contributed by atoms with E-state index in [-0.39, 0.29) is 18.4 Å². The van der Waals surface area contributed by atoms with E-state index in [0.29, 0.717) is 17.9 Å². The highest BCUT2D eigenvalue weighted by molar-refractivity contribution is 9.10. The Balaban J connectivity index is 1.62. The number of nitrogens with one attached hydrogen (secondary N) is 2. The van der Waals surface area contributed by atoms with Gasteiger partial charge in [0, 0.05) is 15.7 Å². The Kier molecular flexibility index (Phi) is 7.25. The maximum atomic E-state index is 12.7. The summed E-state index contributed by atoms with van der Waals surface area (Å²) in [5, 5.41) is 5.53. The summed E-state index contributed by atoms with van der Waals surface area (Å²) in [4.78, 5) is 25.0. The molecule has 0 aromatic heterocycles. The summed E-state index contributed by atoms with van der Waals surface area (Å²) in [6.07, 6.45) is 0. The fourth-order valence-electron chi connectivity index (χ4n) is 3.00. The summed E-state index contributed by atoms with van der Waals surface area (Å²) in [6, 6.07) is 20.5. The number of halogens is 1. The highest BCUT2D eigenvalue weighted by atomic mass is 79.9. The summed E-state index contributed by atoms with van der Waals surface area (Å²) in [6.45, 7) is 4.05. The summed E-state index contributed by atoms with van der Waals surface area (Å²) < 4.78 is 6.81. The number of para-hydroxylation sites is 2. The van der Waals surface area contributed by atoms with E-state index in [1.807, 2.05) is 56.3 Å². The molecule has 0 saturated heterocycles. The molecule has 30 heavy (non-hydrogen) atoms. The van der Waals surface area contributed by atoms with E-state index >= 15 is 0 Å². The maximum absolute atomic E-state index is 12.7. The van der Waals surface area contributed by atoms with Gasteiger partial charge in [0.1, 0.15) is 12.4 Å². The van der Waals surface area contributed by atoms with E-state index in [1.54, 1.807) is 24.3 Å². The van der Waals surface area contributed by atoms with Crippen LogP contribution in [0.5, 0.6) is 5.75 Å². The molecule has 0 aliphatic rings. The van der Waals surface area contributed by atoms with Gasteiger partial charge in [0.2, 0.25) is 5.91 Å². The molecule has 6 heteroatoms. The van der Waals surface area contributed by atoms with Crippen molar-refractivity contribution in [1.82, 2.24) is 5.32 Å². The van der Waals surface area contributed by atoms with Gasteiger partial charge < -0.3 is 15.4 Å². The lowest BCUT2D eigenvalue weighted by Crippen LogP contribution is -2.33. The van der Waals surface area contributed by atoms with Crippen molar-refractivity contribution in [2.45, 2.75) is 20.5 Å². The molecular weight excluding hydrogens is 444 g/mol. The number of hydrogen-bond acceptors (Lipinski definition) is 3. The smallest absolute Gasteiger partial charge is 0.255 e. The standard InChI is InChI=1S/C24H23BrN2O3/c1-16-8-7-9-17(2)23(16)27-22(28)14-26-24(29)19-11-4-6-13-21(19)30-15-18-10-3-5-12-20(18)25/h3-13H,14-15H2,1-2H3,(H,26,29)(H,27,28). The van der Waals surface area contributed by atoms with Crippen molar-refractivity contribution < 1.29 is 14.3 Å². The second-order valence-corrected chi connectivity index (χ2v) is 7.73. The van der Waals surface area contributed by atoms with Gasteiger partial charge in [-0.05, 0) is 43.2 Å². The molecule has 0 atom stereocenters.